The Morgan fingerprint density at radius 3 is 2.54 bits per heavy atom. The Balaban J connectivity index is 1.96. The Labute approximate surface area is 163 Å². The van der Waals surface area contributed by atoms with E-state index in [9.17, 15) is 0 Å². The van der Waals surface area contributed by atoms with Gasteiger partial charge in [-0.25, -0.2) is 4.98 Å². The van der Waals surface area contributed by atoms with Gasteiger partial charge in [-0.2, -0.15) is 0 Å². The van der Waals surface area contributed by atoms with Crippen molar-refractivity contribution in [1.29, 1.82) is 0 Å². The van der Waals surface area contributed by atoms with E-state index < -0.39 is 0 Å². The van der Waals surface area contributed by atoms with E-state index in [4.69, 9.17) is 4.98 Å². The van der Waals surface area contributed by atoms with Gasteiger partial charge in [-0.05, 0) is 48.7 Å². The molecule has 0 unspecified atom stereocenters. The van der Waals surface area contributed by atoms with Crippen molar-refractivity contribution in [2.45, 2.75) is 6.92 Å². The van der Waals surface area contributed by atoms with Crippen LogP contribution in [0, 0.1) is 0 Å². The van der Waals surface area contributed by atoms with E-state index in [0.717, 1.165) is 38.9 Å². The van der Waals surface area contributed by atoms with Gasteiger partial charge in [-0.1, -0.05) is 49.1 Å². The topological polar surface area (TPSA) is 29.7 Å². The van der Waals surface area contributed by atoms with E-state index in [1.165, 1.54) is 10.8 Å². The molecule has 2 heterocycles. The molecule has 0 amide bonds. The number of nitrogens with zero attached hydrogens (tertiary/aromatic N) is 3. The number of allylic oxidation sites excluding steroid dienone is 2. The van der Waals surface area contributed by atoms with Gasteiger partial charge in [0.2, 0.25) is 0 Å². The van der Waals surface area contributed by atoms with Gasteiger partial charge < -0.3 is 0 Å². The molecule has 0 saturated heterocycles. The van der Waals surface area contributed by atoms with Gasteiger partial charge in [-0.3, -0.25) is 9.39 Å². The van der Waals surface area contributed by atoms with Crippen LogP contribution in [-0.4, -0.2) is 15.1 Å². The molecule has 5 rings (SSSR count). The molecule has 5 aromatic rings. The van der Waals surface area contributed by atoms with Crippen LogP contribution in [0.4, 0.5) is 0 Å². The van der Waals surface area contributed by atoms with Gasteiger partial charge in [0.15, 0.2) is 0 Å². The van der Waals surface area contributed by atoms with Crippen LogP contribution in [0.5, 0.6) is 0 Å². The van der Waals surface area contributed by atoms with Gasteiger partial charge in [0.25, 0.3) is 0 Å². The van der Waals surface area contributed by atoms with Gasteiger partial charge in [0.1, 0.15) is 5.65 Å². The third-order valence-corrected chi connectivity index (χ3v) is 5.11. The van der Waals surface area contributed by atoms with Crippen LogP contribution in [-0.2, 0) is 0 Å². The summed E-state index contributed by atoms with van der Waals surface area (Å²) >= 11 is 0. The summed E-state index contributed by atoms with van der Waals surface area (Å²) < 4.78 is 2.26. The maximum absolute atomic E-state index is 4.94. The van der Waals surface area contributed by atoms with E-state index in [1.54, 1.807) is 12.3 Å². The van der Waals surface area contributed by atoms with Crippen LogP contribution in [0.1, 0.15) is 12.5 Å². The maximum atomic E-state index is 4.94. The molecule has 0 N–H and O–H groups in total. The summed E-state index contributed by atoms with van der Waals surface area (Å²) in [6, 6.07) is 23.2. The number of aromatic nitrogens is 2. The molecule has 3 nitrogen and oxygen atoms in total. The Morgan fingerprint density at radius 1 is 0.929 bits per heavy atom. The molecule has 0 spiro atoms. The first-order chi connectivity index (χ1) is 13.8. The number of benzene rings is 3. The number of imidazole rings is 1. The SMILES string of the molecule is C=C/C(=N\C=C/C)c1ccc2c(c1)c1ccccc1n1c3ccccc3nc21. The normalized spacial score (nSPS) is 12.7. The molecule has 0 aliphatic rings. The summed E-state index contributed by atoms with van der Waals surface area (Å²) in [6.07, 6.45) is 5.51. The Bertz CT molecular complexity index is 1430. The average molecular weight is 361 g/mol. The minimum absolute atomic E-state index is 0.859. The smallest absolute Gasteiger partial charge is 0.146 e. The van der Waals surface area contributed by atoms with E-state index in [0.29, 0.717) is 0 Å². The Hall–Kier alpha value is -3.72. The molecule has 3 heteroatoms. The second-order valence-electron chi connectivity index (χ2n) is 6.74. The fraction of sp³-hybridized carbons (Fsp3) is 0.0400. The van der Waals surface area contributed by atoms with Gasteiger partial charge in [0.05, 0.1) is 22.3 Å². The Kier molecular flexibility index (Phi) is 3.80. The lowest BCUT2D eigenvalue weighted by molar-refractivity contribution is 1.31. The van der Waals surface area contributed by atoms with Crippen LogP contribution in [0.25, 0.3) is 38.4 Å². The lowest BCUT2D eigenvalue weighted by Crippen LogP contribution is -1.97. The number of rotatable bonds is 3. The highest BCUT2D eigenvalue weighted by Gasteiger charge is 2.14. The fourth-order valence-electron chi connectivity index (χ4n) is 3.87. The van der Waals surface area contributed by atoms with Crippen molar-refractivity contribution in [2.24, 2.45) is 4.99 Å². The molecule has 0 radical (unpaired) electrons. The zero-order valence-corrected chi connectivity index (χ0v) is 15.6. The lowest BCUT2D eigenvalue weighted by atomic mass is 10.0. The first-order valence-electron chi connectivity index (χ1n) is 9.35. The van der Waals surface area contributed by atoms with Crippen molar-refractivity contribution in [1.82, 2.24) is 9.38 Å². The Morgan fingerprint density at radius 2 is 1.71 bits per heavy atom. The zero-order valence-electron chi connectivity index (χ0n) is 15.6. The molecule has 0 atom stereocenters. The number of fused-ring (bicyclic) bond motifs is 8. The molecule has 0 bridgehead atoms. The summed E-state index contributed by atoms with van der Waals surface area (Å²) in [5, 5.41) is 3.50. The summed E-state index contributed by atoms with van der Waals surface area (Å²) in [7, 11) is 0. The van der Waals surface area contributed by atoms with Crippen LogP contribution in [0.15, 0.2) is 96.7 Å². The summed E-state index contributed by atoms with van der Waals surface area (Å²) in [5.41, 5.74) is 6.17. The number of pyridine rings is 1. The maximum Gasteiger partial charge on any atom is 0.146 e. The minimum Gasteiger partial charge on any atom is -0.292 e. The first-order valence-corrected chi connectivity index (χ1v) is 9.35. The number of aliphatic imine (C=N–C) groups is 1. The number of hydrogen-bond acceptors (Lipinski definition) is 2. The highest BCUT2D eigenvalue weighted by Crippen LogP contribution is 2.32. The van der Waals surface area contributed by atoms with Crippen molar-refractivity contribution in [3.8, 4) is 0 Å². The quantitative estimate of drug-likeness (QED) is 0.274. The van der Waals surface area contributed by atoms with Crippen molar-refractivity contribution in [3.05, 3.63) is 97.2 Å². The van der Waals surface area contributed by atoms with Crippen LogP contribution >= 0.6 is 0 Å². The summed E-state index contributed by atoms with van der Waals surface area (Å²) in [4.78, 5) is 9.45. The molecular weight excluding hydrogens is 342 g/mol. The molecule has 0 aliphatic heterocycles. The molecule has 0 fully saturated rings. The predicted octanol–water partition coefficient (Wildman–Crippen LogP) is 6.30. The van der Waals surface area contributed by atoms with Gasteiger partial charge in [-0.15, -0.1) is 0 Å². The molecule has 28 heavy (non-hydrogen) atoms. The van der Waals surface area contributed by atoms with E-state index in [1.807, 2.05) is 19.1 Å². The molecule has 134 valence electrons. The summed E-state index contributed by atoms with van der Waals surface area (Å²) in [5.74, 6) is 0. The highest BCUT2D eigenvalue weighted by molar-refractivity contribution is 6.17. The monoisotopic (exact) mass is 361 g/mol. The van der Waals surface area contributed by atoms with Crippen molar-refractivity contribution >= 4 is 44.1 Å². The van der Waals surface area contributed by atoms with Crippen molar-refractivity contribution in [2.75, 3.05) is 0 Å². The predicted molar refractivity (Wildman–Crippen MR) is 119 cm³/mol. The molecule has 0 saturated carbocycles. The molecular formula is C25H19N3. The molecule has 2 aromatic heterocycles. The molecule has 0 aliphatic carbocycles. The standard InChI is InChI=1S/C25H19N3/c1-3-15-26-21(4-2)17-13-14-19-20(16-17)18-9-5-7-11-23(18)28-24-12-8-6-10-22(24)27-25(19)28/h3-16H,2H2,1H3/b15-3-,26-21+. The summed E-state index contributed by atoms with van der Waals surface area (Å²) in [6.45, 7) is 5.89. The second kappa shape index (κ2) is 6.46. The minimum atomic E-state index is 0.859. The van der Waals surface area contributed by atoms with Gasteiger partial charge in [0, 0.05) is 22.5 Å². The third kappa shape index (κ3) is 2.37. The van der Waals surface area contributed by atoms with E-state index in [2.05, 4.69) is 76.6 Å². The second-order valence-corrected chi connectivity index (χ2v) is 6.74. The van der Waals surface area contributed by atoms with Crippen LogP contribution in [0.3, 0.4) is 0 Å². The number of para-hydroxylation sites is 3. The van der Waals surface area contributed by atoms with Crippen molar-refractivity contribution in [3.63, 3.8) is 0 Å². The zero-order chi connectivity index (χ0) is 19.1. The average Bonchev–Trinajstić information content (AvgIpc) is 3.14. The third-order valence-electron chi connectivity index (χ3n) is 5.11. The largest absolute Gasteiger partial charge is 0.292 e. The van der Waals surface area contributed by atoms with E-state index in [-0.39, 0.29) is 0 Å². The van der Waals surface area contributed by atoms with Crippen molar-refractivity contribution < 1.29 is 0 Å². The van der Waals surface area contributed by atoms with Crippen LogP contribution < -0.4 is 0 Å². The first kappa shape index (κ1) is 16.5. The number of hydrogen-bond donors (Lipinski definition) is 0. The van der Waals surface area contributed by atoms with E-state index >= 15 is 0 Å². The highest BCUT2D eigenvalue weighted by atomic mass is 15.0. The van der Waals surface area contributed by atoms with Gasteiger partial charge >= 0.3 is 0 Å². The van der Waals surface area contributed by atoms with Crippen LogP contribution in [0.2, 0.25) is 0 Å². The molecule has 3 aromatic carbocycles. The lowest BCUT2D eigenvalue weighted by Gasteiger charge is -2.10. The fourth-order valence-corrected chi connectivity index (χ4v) is 3.87.